The number of nitrogens with zero attached hydrogens (tertiary/aromatic N) is 2. The van der Waals surface area contributed by atoms with Crippen molar-refractivity contribution in [3.63, 3.8) is 0 Å². The molecule has 2 aromatic heterocycles. The van der Waals surface area contributed by atoms with Gasteiger partial charge in [0.1, 0.15) is 0 Å². The number of rotatable bonds is 7. The second-order valence-corrected chi connectivity index (χ2v) is 16.8. The lowest BCUT2D eigenvalue weighted by atomic mass is 9.93. The first-order valence-electron chi connectivity index (χ1n) is 20.9. The van der Waals surface area contributed by atoms with E-state index in [2.05, 4.69) is 198 Å². The van der Waals surface area contributed by atoms with E-state index in [1.165, 1.54) is 91.8 Å². The van der Waals surface area contributed by atoms with Gasteiger partial charge in [-0.15, -0.1) is 21.5 Å². The zero-order valence-electron chi connectivity index (χ0n) is 33.5. The molecule has 62 heavy (non-hydrogen) atoms. The summed E-state index contributed by atoms with van der Waals surface area (Å²) in [6.07, 6.45) is 0. The first-order chi connectivity index (χ1) is 30.7. The van der Waals surface area contributed by atoms with Crippen molar-refractivity contribution in [1.29, 1.82) is 0 Å². The highest BCUT2D eigenvalue weighted by molar-refractivity contribution is 7.26. The molecule has 290 valence electrons. The molecular weight excluding hydrogens is 773 g/mol. The van der Waals surface area contributed by atoms with Crippen LogP contribution in [0.15, 0.2) is 223 Å². The summed E-state index contributed by atoms with van der Waals surface area (Å²) in [6, 6.07) is 78.5. The highest BCUT2D eigenvalue weighted by Gasteiger charge is 2.17. The maximum atomic E-state index is 6.13. The Kier molecular flexibility index (Phi) is 8.68. The van der Waals surface area contributed by atoms with Crippen LogP contribution in [0.2, 0.25) is 0 Å². The summed E-state index contributed by atoms with van der Waals surface area (Å²) in [5.41, 5.74) is 13.8. The van der Waals surface area contributed by atoms with Gasteiger partial charge in [0.2, 0.25) is 11.8 Å². The van der Waals surface area contributed by atoms with Gasteiger partial charge in [0.25, 0.3) is 0 Å². The van der Waals surface area contributed by atoms with Gasteiger partial charge in [0.05, 0.1) is 0 Å². The van der Waals surface area contributed by atoms with E-state index in [9.17, 15) is 0 Å². The fourth-order valence-corrected chi connectivity index (χ4v) is 10.1. The molecule has 0 saturated heterocycles. The molecule has 12 rings (SSSR count). The van der Waals surface area contributed by atoms with Gasteiger partial charge >= 0.3 is 0 Å². The zero-order chi connectivity index (χ0) is 41.0. The fourth-order valence-electron chi connectivity index (χ4n) is 8.91. The standard InChI is InChI=1S/C58H36N2OS/c1-2-12-44(13-3-1)57-59-60-58(61-57)45-30-28-43(29-31-45)52-35-47(38-22-26-42(27-23-38)51-19-9-15-40-11-5-7-17-49(40)51)36-54-53-34-46(32-33-55(53)62-56(52)54)37-20-24-41(25-21-37)50-18-8-14-39-10-4-6-16-48(39)50/h1-36H. The number of fused-ring (bicyclic) bond motifs is 5. The molecule has 0 aliphatic heterocycles. The number of thiophene rings is 1. The molecule has 0 amide bonds. The van der Waals surface area contributed by atoms with Crippen LogP contribution in [0.1, 0.15) is 0 Å². The van der Waals surface area contributed by atoms with Crippen molar-refractivity contribution in [3.05, 3.63) is 218 Å². The van der Waals surface area contributed by atoms with E-state index in [1.54, 1.807) is 0 Å². The van der Waals surface area contributed by atoms with Crippen LogP contribution in [0.4, 0.5) is 0 Å². The number of hydrogen-bond acceptors (Lipinski definition) is 4. The van der Waals surface area contributed by atoms with Crippen molar-refractivity contribution in [2.45, 2.75) is 0 Å². The minimum atomic E-state index is 0.500. The predicted octanol–water partition coefficient (Wildman–Crippen LogP) is 16.4. The Morgan fingerprint density at radius 1 is 0.290 bits per heavy atom. The predicted molar refractivity (Wildman–Crippen MR) is 260 cm³/mol. The molecule has 0 aliphatic carbocycles. The summed E-state index contributed by atoms with van der Waals surface area (Å²) in [5.74, 6) is 1.01. The molecule has 0 N–H and O–H groups in total. The van der Waals surface area contributed by atoms with Crippen LogP contribution < -0.4 is 0 Å². The molecule has 4 heteroatoms. The second kappa shape index (κ2) is 15.0. The highest BCUT2D eigenvalue weighted by Crippen LogP contribution is 2.45. The smallest absolute Gasteiger partial charge is 0.248 e. The fraction of sp³-hybridized carbons (Fsp3) is 0. The third-order valence-electron chi connectivity index (χ3n) is 12.1. The van der Waals surface area contributed by atoms with Crippen molar-refractivity contribution in [2.24, 2.45) is 0 Å². The molecule has 10 aromatic carbocycles. The number of aromatic nitrogens is 2. The monoisotopic (exact) mass is 808 g/mol. The average Bonchev–Trinajstić information content (AvgIpc) is 4.00. The van der Waals surface area contributed by atoms with Crippen LogP contribution in [0.3, 0.4) is 0 Å². The van der Waals surface area contributed by atoms with Gasteiger partial charge in [0.15, 0.2) is 0 Å². The Morgan fingerprint density at radius 2 is 0.742 bits per heavy atom. The molecular formula is C58H36N2OS. The molecule has 0 aliphatic rings. The van der Waals surface area contributed by atoms with Crippen LogP contribution in [0.25, 0.3) is 120 Å². The summed E-state index contributed by atoms with van der Waals surface area (Å²) >= 11 is 1.85. The summed E-state index contributed by atoms with van der Waals surface area (Å²) < 4.78 is 8.65. The van der Waals surface area contributed by atoms with Gasteiger partial charge in [-0.1, -0.05) is 170 Å². The quantitative estimate of drug-likeness (QED) is 0.161. The molecule has 0 radical (unpaired) electrons. The molecule has 0 spiro atoms. The molecule has 0 bridgehead atoms. The Balaban J connectivity index is 0.957. The van der Waals surface area contributed by atoms with Gasteiger partial charge < -0.3 is 4.42 Å². The second-order valence-electron chi connectivity index (χ2n) is 15.8. The summed E-state index contributed by atoms with van der Waals surface area (Å²) in [6.45, 7) is 0. The van der Waals surface area contributed by atoms with Crippen LogP contribution in [0.5, 0.6) is 0 Å². The Bertz CT molecular complexity index is 3590. The molecule has 0 unspecified atom stereocenters. The van der Waals surface area contributed by atoms with Gasteiger partial charge in [-0.05, 0) is 120 Å². The van der Waals surface area contributed by atoms with Crippen molar-refractivity contribution in [2.75, 3.05) is 0 Å². The molecule has 0 saturated carbocycles. The van der Waals surface area contributed by atoms with Gasteiger partial charge in [0, 0.05) is 36.9 Å². The van der Waals surface area contributed by atoms with E-state index in [4.69, 9.17) is 4.42 Å². The molecule has 0 atom stereocenters. The minimum absolute atomic E-state index is 0.500. The molecule has 3 nitrogen and oxygen atoms in total. The zero-order valence-corrected chi connectivity index (χ0v) is 34.3. The van der Waals surface area contributed by atoms with Gasteiger partial charge in [-0.2, -0.15) is 0 Å². The Morgan fingerprint density at radius 3 is 1.35 bits per heavy atom. The van der Waals surface area contributed by atoms with E-state index < -0.39 is 0 Å². The molecule has 12 aromatic rings. The van der Waals surface area contributed by atoms with E-state index >= 15 is 0 Å². The van der Waals surface area contributed by atoms with Crippen molar-refractivity contribution in [3.8, 4) is 78.5 Å². The van der Waals surface area contributed by atoms with Crippen LogP contribution in [0, 0.1) is 0 Å². The summed E-state index contributed by atoms with van der Waals surface area (Å²) in [7, 11) is 0. The number of hydrogen-bond donors (Lipinski definition) is 0. The Hall–Kier alpha value is -7.92. The van der Waals surface area contributed by atoms with Crippen molar-refractivity contribution < 1.29 is 4.42 Å². The normalized spacial score (nSPS) is 11.5. The largest absolute Gasteiger partial charge is 0.416 e. The van der Waals surface area contributed by atoms with Gasteiger partial charge in [-0.25, -0.2) is 0 Å². The highest BCUT2D eigenvalue weighted by atomic mass is 32.1. The lowest BCUT2D eigenvalue weighted by Gasteiger charge is -2.11. The van der Waals surface area contributed by atoms with E-state index in [0.29, 0.717) is 11.8 Å². The van der Waals surface area contributed by atoms with Crippen LogP contribution >= 0.6 is 11.3 Å². The lowest BCUT2D eigenvalue weighted by molar-refractivity contribution is 0.584. The maximum Gasteiger partial charge on any atom is 0.248 e. The third-order valence-corrected chi connectivity index (χ3v) is 13.3. The third kappa shape index (κ3) is 6.37. The summed E-state index contributed by atoms with van der Waals surface area (Å²) in [4.78, 5) is 0. The molecule has 0 fully saturated rings. The summed E-state index contributed by atoms with van der Waals surface area (Å²) in [5, 5.41) is 16.3. The Labute approximate surface area is 362 Å². The van der Waals surface area contributed by atoms with Crippen LogP contribution in [-0.2, 0) is 0 Å². The number of benzene rings is 10. The molecule has 2 heterocycles. The first-order valence-corrected chi connectivity index (χ1v) is 21.7. The van der Waals surface area contributed by atoms with Crippen molar-refractivity contribution >= 4 is 53.1 Å². The minimum Gasteiger partial charge on any atom is -0.416 e. The van der Waals surface area contributed by atoms with E-state index in [1.807, 2.05) is 41.7 Å². The van der Waals surface area contributed by atoms with E-state index in [-0.39, 0.29) is 0 Å². The SMILES string of the molecule is c1ccc(-c2nnc(-c3ccc(-c4cc(-c5ccc(-c6cccc7ccccc67)cc5)cc5c4sc4ccc(-c6ccc(-c7cccc8ccccc78)cc6)cc45)cc3)o2)cc1. The van der Waals surface area contributed by atoms with Gasteiger partial charge in [-0.3, -0.25) is 0 Å². The van der Waals surface area contributed by atoms with Crippen LogP contribution in [-0.4, -0.2) is 10.2 Å². The van der Waals surface area contributed by atoms with E-state index in [0.717, 1.165) is 16.7 Å². The average molecular weight is 809 g/mol. The topological polar surface area (TPSA) is 38.9 Å². The van der Waals surface area contributed by atoms with Crippen molar-refractivity contribution in [1.82, 2.24) is 10.2 Å². The maximum absolute atomic E-state index is 6.13. The first kappa shape index (κ1) is 36.0. The lowest BCUT2D eigenvalue weighted by Crippen LogP contribution is -1.86.